The number of hydrogen-bond acceptors (Lipinski definition) is 5. The third-order valence-electron chi connectivity index (χ3n) is 3.98. The van der Waals surface area contributed by atoms with E-state index in [1.807, 2.05) is 0 Å². The van der Waals surface area contributed by atoms with E-state index in [4.69, 9.17) is 0 Å². The molecule has 0 bridgehead atoms. The highest BCUT2D eigenvalue weighted by molar-refractivity contribution is 5.98. The number of likely N-dealkylation sites (tertiary alicyclic amines) is 1. The van der Waals surface area contributed by atoms with Crippen molar-refractivity contribution in [1.29, 1.82) is 0 Å². The summed E-state index contributed by atoms with van der Waals surface area (Å²) in [6.45, 7) is 2.48. The maximum absolute atomic E-state index is 12.3. The van der Waals surface area contributed by atoms with Crippen molar-refractivity contribution in [2.45, 2.75) is 6.92 Å². The summed E-state index contributed by atoms with van der Waals surface area (Å²) in [5.41, 5.74) is 1.16. The van der Waals surface area contributed by atoms with E-state index in [2.05, 4.69) is 10.1 Å². The zero-order valence-electron chi connectivity index (χ0n) is 13.2. The van der Waals surface area contributed by atoms with Crippen LogP contribution in [0.25, 0.3) is 0 Å². The maximum Gasteiger partial charge on any atom is 0.417 e. The molecule has 1 aromatic rings. The molecule has 2 aliphatic rings. The zero-order chi connectivity index (χ0) is 17.3. The summed E-state index contributed by atoms with van der Waals surface area (Å²) in [5.74, 6) is -0.550. The molecule has 2 heterocycles. The number of rotatable bonds is 4. The predicted octanol–water partition coefficient (Wildman–Crippen LogP) is 0.696. The predicted molar refractivity (Wildman–Crippen MR) is 83.2 cm³/mol. The first-order valence-electron chi connectivity index (χ1n) is 7.58. The lowest BCUT2D eigenvalue weighted by Crippen LogP contribution is -2.54. The fourth-order valence-corrected chi connectivity index (χ4v) is 2.75. The Hall–Kier alpha value is -2.90. The van der Waals surface area contributed by atoms with Gasteiger partial charge in [0.15, 0.2) is 6.61 Å². The van der Waals surface area contributed by atoms with Gasteiger partial charge in [-0.25, -0.2) is 9.69 Å². The minimum atomic E-state index is -0.613. The molecule has 2 fully saturated rings. The first-order valence-corrected chi connectivity index (χ1v) is 7.58. The summed E-state index contributed by atoms with van der Waals surface area (Å²) < 4.78 is 4.66. The van der Waals surface area contributed by atoms with E-state index in [-0.39, 0.29) is 36.8 Å². The summed E-state index contributed by atoms with van der Waals surface area (Å²) in [7, 11) is 0. The Balaban J connectivity index is 1.52. The van der Waals surface area contributed by atoms with Crippen molar-refractivity contribution in [2.75, 3.05) is 31.6 Å². The number of carbonyl (C=O) groups is 4. The van der Waals surface area contributed by atoms with Crippen LogP contribution in [-0.2, 0) is 14.3 Å². The van der Waals surface area contributed by atoms with Gasteiger partial charge in [-0.15, -0.1) is 0 Å². The third-order valence-corrected chi connectivity index (χ3v) is 3.98. The molecule has 8 heteroatoms. The first kappa shape index (κ1) is 16.0. The largest absolute Gasteiger partial charge is 0.439 e. The molecule has 4 amide bonds. The van der Waals surface area contributed by atoms with Gasteiger partial charge in [0.05, 0.1) is 0 Å². The number of carbonyl (C=O) groups excluding carboxylic acids is 4. The third kappa shape index (κ3) is 3.22. The van der Waals surface area contributed by atoms with Gasteiger partial charge >= 0.3 is 6.09 Å². The van der Waals surface area contributed by atoms with E-state index >= 15 is 0 Å². The van der Waals surface area contributed by atoms with Gasteiger partial charge in [-0.2, -0.15) is 0 Å². The van der Waals surface area contributed by atoms with Gasteiger partial charge in [0.2, 0.25) is 5.91 Å². The fraction of sp³-hybridized carbons (Fsp3) is 0.375. The molecule has 0 spiro atoms. The van der Waals surface area contributed by atoms with Crippen molar-refractivity contribution in [3.63, 3.8) is 0 Å². The van der Waals surface area contributed by atoms with Gasteiger partial charge in [0.1, 0.15) is 0 Å². The molecule has 1 N–H and O–H groups in total. The second kappa shape index (κ2) is 6.31. The summed E-state index contributed by atoms with van der Waals surface area (Å²) in [6.07, 6.45) is -0.613. The van der Waals surface area contributed by atoms with Crippen molar-refractivity contribution in [1.82, 2.24) is 9.80 Å². The smallest absolute Gasteiger partial charge is 0.417 e. The molecule has 0 aromatic heterocycles. The van der Waals surface area contributed by atoms with Crippen LogP contribution in [0, 0.1) is 5.92 Å². The molecule has 1 aromatic carbocycles. The molecule has 0 aliphatic carbocycles. The number of amides is 4. The Morgan fingerprint density at radius 3 is 2.42 bits per heavy atom. The van der Waals surface area contributed by atoms with Crippen LogP contribution in [0.5, 0.6) is 0 Å². The number of hydrogen-bond donors (Lipinski definition) is 1. The van der Waals surface area contributed by atoms with E-state index in [9.17, 15) is 19.2 Å². The molecule has 0 atom stereocenters. The molecule has 0 radical (unpaired) electrons. The Morgan fingerprint density at radius 1 is 1.21 bits per heavy atom. The highest BCUT2D eigenvalue weighted by atomic mass is 16.6. The zero-order valence-corrected chi connectivity index (χ0v) is 13.2. The summed E-state index contributed by atoms with van der Waals surface area (Å²) in [6, 6.07) is 6.65. The van der Waals surface area contributed by atoms with Crippen molar-refractivity contribution < 1.29 is 23.9 Å². The van der Waals surface area contributed by atoms with E-state index in [1.165, 1.54) is 6.92 Å². The molecule has 0 unspecified atom stereocenters. The van der Waals surface area contributed by atoms with Crippen LogP contribution in [0.2, 0.25) is 0 Å². The van der Waals surface area contributed by atoms with Gasteiger partial charge in [0.25, 0.3) is 11.8 Å². The Morgan fingerprint density at radius 2 is 1.88 bits per heavy atom. The molecule has 126 valence electrons. The van der Waals surface area contributed by atoms with Crippen molar-refractivity contribution in [3.05, 3.63) is 29.8 Å². The quantitative estimate of drug-likeness (QED) is 0.876. The van der Waals surface area contributed by atoms with E-state index in [1.54, 1.807) is 29.2 Å². The number of imide groups is 1. The monoisotopic (exact) mass is 331 g/mol. The maximum atomic E-state index is 12.3. The van der Waals surface area contributed by atoms with Crippen LogP contribution in [0.3, 0.4) is 0 Å². The lowest BCUT2D eigenvalue weighted by Gasteiger charge is -2.40. The van der Waals surface area contributed by atoms with Gasteiger partial charge in [-0.1, -0.05) is 0 Å². The number of nitrogens with one attached hydrogen (secondary N) is 1. The number of ether oxygens (including phenoxy) is 1. The standard InChI is InChI=1S/C16H17N3O5/c1-10(20)17-13-4-2-12(3-5-13)15(22)18-6-11(7-18)8-19-14(21)9-24-16(19)23/h2-5,11H,6-9H2,1H3,(H,17,20). The Labute approximate surface area is 138 Å². The Bertz CT molecular complexity index is 678. The SMILES string of the molecule is CC(=O)Nc1ccc(C(=O)N2CC(CN3C(=O)COC3=O)C2)cc1. The van der Waals surface area contributed by atoms with Crippen LogP contribution in [-0.4, -0.2) is 59.9 Å². The van der Waals surface area contributed by atoms with Crippen molar-refractivity contribution >= 4 is 29.5 Å². The van der Waals surface area contributed by atoms with Crippen LogP contribution < -0.4 is 5.32 Å². The van der Waals surface area contributed by atoms with Crippen LogP contribution >= 0.6 is 0 Å². The van der Waals surface area contributed by atoms with E-state index in [0.29, 0.717) is 24.3 Å². The van der Waals surface area contributed by atoms with Crippen LogP contribution in [0.1, 0.15) is 17.3 Å². The first-order chi connectivity index (χ1) is 11.4. The number of anilines is 1. The molecule has 8 nitrogen and oxygen atoms in total. The molecule has 0 saturated carbocycles. The number of benzene rings is 1. The molecular weight excluding hydrogens is 314 g/mol. The summed E-state index contributed by atoms with van der Waals surface area (Å²) >= 11 is 0. The van der Waals surface area contributed by atoms with Crippen molar-refractivity contribution in [2.24, 2.45) is 5.92 Å². The van der Waals surface area contributed by atoms with Crippen molar-refractivity contribution in [3.8, 4) is 0 Å². The number of nitrogens with zero attached hydrogens (tertiary/aromatic N) is 2. The second-order valence-electron chi connectivity index (χ2n) is 5.89. The molecule has 3 rings (SSSR count). The second-order valence-corrected chi connectivity index (χ2v) is 5.89. The fourth-order valence-electron chi connectivity index (χ4n) is 2.75. The molecule has 24 heavy (non-hydrogen) atoms. The van der Waals surface area contributed by atoms with Crippen LogP contribution in [0.15, 0.2) is 24.3 Å². The number of cyclic esters (lactones) is 1. The molecular formula is C16H17N3O5. The molecule has 2 saturated heterocycles. The van der Waals surface area contributed by atoms with E-state index < -0.39 is 6.09 Å². The topological polar surface area (TPSA) is 96.0 Å². The highest BCUT2D eigenvalue weighted by Crippen LogP contribution is 2.22. The van der Waals surface area contributed by atoms with Gasteiger partial charge in [-0.05, 0) is 24.3 Å². The lowest BCUT2D eigenvalue weighted by molar-refractivity contribution is -0.126. The minimum Gasteiger partial charge on any atom is -0.439 e. The van der Waals surface area contributed by atoms with Crippen LogP contribution in [0.4, 0.5) is 10.5 Å². The molecule has 2 aliphatic heterocycles. The average molecular weight is 331 g/mol. The highest BCUT2D eigenvalue weighted by Gasteiger charge is 2.38. The minimum absolute atomic E-state index is 0.0715. The summed E-state index contributed by atoms with van der Waals surface area (Å²) in [4.78, 5) is 48.9. The normalized spacial score (nSPS) is 17.5. The summed E-state index contributed by atoms with van der Waals surface area (Å²) in [5, 5.41) is 2.64. The average Bonchev–Trinajstić information content (AvgIpc) is 2.81. The van der Waals surface area contributed by atoms with Gasteiger partial charge < -0.3 is 15.0 Å². The van der Waals surface area contributed by atoms with Gasteiger partial charge in [0, 0.05) is 43.7 Å². The van der Waals surface area contributed by atoms with Gasteiger partial charge in [-0.3, -0.25) is 14.4 Å². The Kier molecular flexibility index (Phi) is 4.20. The van der Waals surface area contributed by atoms with E-state index in [0.717, 1.165) is 4.90 Å². The lowest BCUT2D eigenvalue weighted by atomic mass is 9.98.